The molecule has 3 aromatic carbocycles. The van der Waals surface area contributed by atoms with E-state index in [1.165, 1.54) is 18.4 Å². The third kappa shape index (κ3) is 2.73. The van der Waals surface area contributed by atoms with Gasteiger partial charge in [-0.25, -0.2) is 8.78 Å². The van der Waals surface area contributed by atoms with Crippen LogP contribution >= 0.6 is 0 Å². The molecule has 0 nitrogen and oxygen atoms in total. The fraction of sp³-hybridized carbons (Fsp3) is 0.182. The zero-order chi connectivity index (χ0) is 16.7. The van der Waals surface area contributed by atoms with E-state index in [1.54, 1.807) is 12.1 Å². The Bertz CT molecular complexity index is 873. The number of hydrogen-bond donors (Lipinski definition) is 0. The number of hydrogen-bond acceptors (Lipinski definition) is 0. The number of aryl methyl sites for hydroxylation is 1. The average Bonchev–Trinajstić information content (AvgIpc) is 3.44. The summed E-state index contributed by atoms with van der Waals surface area (Å²) in [6.07, 6.45) is 2.46. The molecular weight excluding hydrogens is 302 g/mol. The molecule has 0 heterocycles. The molecule has 120 valence electrons. The van der Waals surface area contributed by atoms with Gasteiger partial charge in [-0.2, -0.15) is 0 Å². The Kier molecular flexibility index (Phi) is 3.68. The second-order valence-electron chi connectivity index (χ2n) is 6.55. The molecule has 0 unspecified atom stereocenters. The van der Waals surface area contributed by atoms with E-state index in [4.69, 9.17) is 0 Å². The highest BCUT2D eigenvalue weighted by Crippen LogP contribution is 2.40. The predicted molar refractivity (Wildman–Crippen MR) is 93.9 cm³/mol. The Morgan fingerprint density at radius 1 is 0.667 bits per heavy atom. The summed E-state index contributed by atoms with van der Waals surface area (Å²) in [6.45, 7) is 1.97. The van der Waals surface area contributed by atoms with Gasteiger partial charge in [0, 0.05) is 11.1 Å². The molecule has 0 aromatic heterocycles. The van der Waals surface area contributed by atoms with Gasteiger partial charge in [-0.3, -0.25) is 0 Å². The molecule has 0 atom stereocenters. The van der Waals surface area contributed by atoms with Gasteiger partial charge in [-0.1, -0.05) is 66.2 Å². The first-order valence-corrected chi connectivity index (χ1v) is 8.29. The third-order valence-corrected chi connectivity index (χ3v) is 4.72. The maximum Gasteiger partial charge on any atom is 0.167 e. The van der Waals surface area contributed by atoms with Crippen LogP contribution in [0.3, 0.4) is 0 Å². The van der Waals surface area contributed by atoms with Crippen molar-refractivity contribution >= 4 is 0 Å². The molecule has 1 aliphatic carbocycles. The minimum atomic E-state index is -0.789. The summed E-state index contributed by atoms with van der Waals surface area (Å²) in [7, 11) is 0. The Hall–Kier alpha value is -2.48. The van der Waals surface area contributed by atoms with Crippen molar-refractivity contribution in [2.75, 3.05) is 0 Å². The molecule has 0 bridgehead atoms. The van der Waals surface area contributed by atoms with Crippen LogP contribution in [0.1, 0.15) is 29.9 Å². The summed E-state index contributed by atoms with van der Waals surface area (Å²) in [5, 5.41) is 0. The van der Waals surface area contributed by atoms with Crippen LogP contribution in [0.15, 0.2) is 60.7 Å². The minimum absolute atomic E-state index is 0.297. The number of halogens is 2. The van der Waals surface area contributed by atoms with Crippen LogP contribution in [0.25, 0.3) is 22.3 Å². The van der Waals surface area contributed by atoms with E-state index >= 15 is 0 Å². The SMILES string of the molecule is Cc1ccc(-c2ccc(-c3ccc(C4CC4)cc3)c(F)c2F)cc1. The first-order chi connectivity index (χ1) is 11.6. The fourth-order valence-corrected chi connectivity index (χ4v) is 3.08. The highest BCUT2D eigenvalue weighted by molar-refractivity contribution is 5.72. The van der Waals surface area contributed by atoms with Crippen LogP contribution in [-0.4, -0.2) is 0 Å². The second-order valence-corrected chi connectivity index (χ2v) is 6.55. The van der Waals surface area contributed by atoms with Crippen LogP contribution < -0.4 is 0 Å². The van der Waals surface area contributed by atoms with Gasteiger partial charge in [0.15, 0.2) is 11.6 Å². The van der Waals surface area contributed by atoms with Gasteiger partial charge in [-0.05, 0) is 42.4 Å². The summed E-state index contributed by atoms with van der Waals surface area (Å²) in [5.74, 6) is -0.917. The molecule has 0 N–H and O–H groups in total. The van der Waals surface area contributed by atoms with Crippen molar-refractivity contribution in [3.63, 3.8) is 0 Å². The van der Waals surface area contributed by atoms with E-state index in [0.717, 1.165) is 5.56 Å². The van der Waals surface area contributed by atoms with Gasteiger partial charge in [0.1, 0.15) is 0 Å². The van der Waals surface area contributed by atoms with Crippen LogP contribution in [0.2, 0.25) is 0 Å². The molecule has 4 rings (SSSR count). The lowest BCUT2D eigenvalue weighted by Crippen LogP contribution is -1.94. The maximum absolute atomic E-state index is 14.6. The molecule has 2 heteroatoms. The lowest BCUT2D eigenvalue weighted by atomic mass is 9.97. The molecule has 24 heavy (non-hydrogen) atoms. The Balaban J connectivity index is 1.72. The molecular formula is C22H18F2. The lowest BCUT2D eigenvalue weighted by Gasteiger charge is -2.10. The summed E-state index contributed by atoms with van der Waals surface area (Å²) in [4.78, 5) is 0. The molecule has 0 aliphatic heterocycles. The van der Waals surface area contributed by atoms with Crippen LogP contribution in [0, 0.1) is 18.6 Å². The maximum atomic E-state index is 14.6. The van der Waals surface area contributed by atoms with Gasteiger partial charge in [-0.15, -0.1) is 0 Å². The van der Waals surface area contributed by atoms with E-state index in [1.807, 2.05) is 55.5 Å². The lowest BCUT2D eigenvalue weighted by molar-refractivity contribution is 0.514. The second kappa shape index (κ2) is 5.86. The third-order valence-electron chi connectivity index (χ3n) is 4.72. The van der Waals surface area contributed by atoms with Crippen molar-refractivity contribution in [3.8, 4) is 22.3 Å². The molecule has 1 fully saturated rings. The van der Waals surface area contributed by atoms with Crippen LogP contribution in [-0.2, 0) is 0 Å². The van der Waals surface area contributed by atoms with Crippen molar-refractivity contribution in [1.29, 1.82) is 0 Å². The van der Waals surface area contributed by atoms with Crippen LogP contribution in [0.4, 0.5) is 8.78 Å². The molecule has 3 aromatic rings. The minimum Gasteiger partial charge on any atom is -0.203 e. The highest BCUT2D eigenvalue weighted by atomic mass is 19.2. The van der Waals surface area contributed by atoms with Gasteiger partial charge < -0.3 is 0 Å². The molecule has 1 saturated carbocycles. The summed E-state index contributed by atoms with van der Waals surface area (Å²) < 4.78 is 29.2. The van der Waals surface area contributed by atoms with E-state index in [-0.39, 0.29) is 0 Å². The Labute approximate surface area is 140 Å². The normalized spacial score (nSPS) is 14.0. The van der Waals surface area contributed by atoms with Gasteiger partial charge in [0.2, 0.25) is 0 Å². The highest BCUT2D eigenvalue weighted by Gasteiger charge is 2.23. The van der Waals surface area contributed by atoms with Crippen molar-refractivity contribution in [1.82, 2.24) is 0 Å². The van der Waals surface area contributed by atoms with E-state index in [2.05, 4.69) is 0 Å². The van der Waals surface area contributed by atoms with Crippen molar-refractivity contribution < 1.29 is 8.78 Å². The predicted octanol–water partition coefficient (Wildman–Crippen LogP) is 6.48. The first kappa shape index (κ1) is 15.1. The number of benzene rings is 3. The Morgan fingerprint density at radius 3 is 1.58 bits per heavy atom. The summed E-state index contributed by atoms with van der Waals surface area (Å²) in [5.41, 5.74) is 4.39. The number of rotatable bonds is 3. The Morgan fingerprint density at radius 2 is 1.12 bits per heavy atom. The smallest absolute Gasteiger partial charge is 0.167 e. The van der Waals surface area contributed by atoms with Crippen LogP contribution in [0.5, 0.6) is 0 Å². The van der Waals surface area contributed by atoms with Gasteiger partial charge in [0.25, 0.3) is 0 Å². The standard InChI is InChI=1S/C22H18F2/c1-14-2-4-17(5-3-14)19-12-13-20(22(24)21(19)23)18-10-8-16(9-11-18)15-6-7-15/h2-5,8-13,15H,6-7H2,1H3. The quantitative estimate of drug-likeness (QED) is 0.518. The van der Waals surface area contributed by atoms with Crippen molar-refractivity contribution in [3.05, 3.63) is 83.4 Å². The molecule has 0 radical (unpaired) electrons. The zero-order valence-corrected chi connectivity index (χ0v) is 13.5. The summed E-state index contributed by atoms with van der Waals surface area (Å²) in [6, 6.07) is 18.6. The largest absolute Gasteiger partial charge is 0.203 e. The molecule has 0 spiro atoms. The van der Waals surface area contributed by atoms with E-state index < -0.39 is 11.6 Å². The topological polar surface area (TPSA) is 0 Å². The van der Waals surface area contributed by atoms with Gasteiger partial charge in [0.05, 0.1) is 0 Å². The van der Waals surface area contributed by atoms with E-state index in [9.17, 15) is 8.78 Å². The first-order valence-electron chi connectivity index (χ1n) is 8.29. The fourth-order valence-electron chi connectivity index (χ4n) is 3.08. The summed E-state index contributed by atoms with van der Waals surface area (Å²) >= 11 is 0. The van der Waals surface area contributed by atoms with Crippen molar-refractivity contribution in [2.45, 2.75) is 25.7 Å². The van der Waals surface area contributed by atoms with Gasteiger partial charge >= 0.3 is 0 Å². The van der Waals surface area contributed by atoms with E-state index in [0.29, 0.717) is 28.2 Å². The molecule has 0 amide bonds. The monoisotopic (exact) mass is 320 g/mol. The zero-order valence-electron chi connectivity index (χ0n) is 13.5. The molecule has 1 aliphatic rings. The average molecular weight is 320 g/mol. The van der Waals surface area contributed by atoms with Crippen molar-refractivity contribution in [2.24, 2.45) is 0 Å². The molecule has 0 saturated heterocycles.